The molecule has 20 heavy (non-hydrogen) atoms. The predicted molar refractivity (Wildman–Crippen MR) is 79.6 cm³/mol. The molecule has 0 radical (unpaired) electrons. The summed E-state index contributed by atoms with van der Waals surface area (Å²) in [5.74, 6) is 1.51. The number of nitrogens with zero attached hydrogens (tertiary/aromatic N) is 1. The number of fused-ring (bicyclic) bond motifs is 1. The second-order valence-electron chi connectivity index (χ2n) is 4.29. The molecule has 2 aromatic rings. The molecule has 1 heterocycles. The van der Waals surface area contributed by atoms with Crippen LogP contribution in [0.3, 0.4) is 0 Å². The van der Waals surface area contributed by atoms with Crippen molar-refractivity contribution in [1.82, 2.24) is 0 Å². The van der Waals surface area contributed by atoms with Crippen molar-refractivity contribution in [3.63, 3.8) is 0 Å². The molecule has 0 saturated carbocycles. The largest absolute Gasteiger partial charge is 0.486 e. The van der Waals surface area contributed by atoms with Gasteiger partial charge in [0.1, 0.15) is 19.3 Å². The lowest BCUT2D eigenvalue weighted by molar-refractivity contribution is 0.171. The summed E-state index contributed by atoms with van der Waals surface area (Å²) >= 11 is 3.37. The highest BCUT2D eigenvalue weighted by Crippen LogP contribution is 2.34. The maximum absolute atomic E-state index is 8.90. The van der Waals surface area contributed by atoms with Crippen LogP contribution in [-0.2, 0) is 0 Å². The third-order valence-electron chi connectivity index (χ3n) is 2.92. The molecule has 0 fully saturated rings. The smallest absolute Gasteiger partial charge is 0.163 e. The maximum Gasteiger partial charge on any atom is 0.163 e. The minimum absolute atomic E-state index is 0.568. The topological polar surface area (TPSA) is 54.3 Å². The zero-order valence-electron chi connectivity index (χ0n) is 10.5. The monoisotopic (exact) mass is 330 g/mol. The zero-order chi connectivity index (χ0) is 13.9. The molecule has 0 saturated heterocycles. The Balaban J connectivity index is 1.84. The molecule has 4 nitrogen and oxygen atoms in total. The molecular formula is C15H11BrN2O2. The van der Waals surface area contributed by atoms with Gasteiger partial charge in [0.25, 0.3) is 0 Å². The van der Waals surface area contributed by atoms with E-state index in [0.717, 1.165) is 27.3 Å². The lowest BCUT2D eigenvalue weighted by Crippen LogP contribution is -2.15. The predicted octanol–water partition coefficient (Wildman–Crippen LogP) is 3.84. The van der Waals surface area contributed by atoms with Gasteiger partial charge in [-0.15, -0.1) is 0 Å². The van der Waals surface area contributed by atoms with Crippen molar-refractivity contribution in [1.29, 1.82) is 5.26 Å². The quantitative estimate of drug-likeness (QED) is 0.909. The fourth-order valence-corrected chi connectivity index (χ4v) is 2.44. The third kappa shape index (κ3) is 2.56. The number of hydrogen-bond acceptors (Lipinski definition) is 4. The summed E-state index contributed by atoms with van der Waals surface area (Å²) in [5.41, 5.74) is 2.41. The van der Waals surface area contributed by atoms with Crippen molar-refractivity contribution in [3.8, 4) is 17.6 Å². The van der Waals surface area contributed by atoms with Crippen LogP contribution in [0.1, 0.15) is 5.56 Å². The van der Waals surface area contributed by atoms with Crippen LogP contribution in [-0.4, -0.2) is 13.2 Å². The van der Waals surface area contributed by atoms with E-state index in [0.29, 0.717) is 18.8 Å². The number of ether oxygens (including phenoxy) is 2. The molecule has 1 aliphatic heterocycles. The number of hydrogen-bond donors (Lipinski definition) is 1. The van der Waals surface area contributed by atoms with Gasteiger partial charge in [0.2, 0.25) is 0 Å². The van der Waals surface area contributed by atoms with Crippen LogP contribution in [0.15, 0.2) is 40.9 Å². The Hall–Kier alpha value is -2.19. The molecule has 0 aliphatic carbocycles. The molecule has 0 unspecified atom stereocenters. The second-order valence-corrected chi connectivity index (χ2v) is 5.14. The Morgan fingerprint density at radius 3 is 2.45 bits per heavy atom. The van der Waals surface area contributed by atoms with Crippen molar-refractivity contribution < 1.29 is 9.47 Å². The molecule has 0 amide bonds. The molecule has 0 spiro atoms. The van der Waals surface area contributed by atoms with Gasteiger partial charge in [-0.25, -0.2) is 0 Å². The number of rotatable bonds is 2. The van der Waals surface area contributed by atoms with Gasteiger partial charge in [-0.2, -0.15) is 5.26 Å². The van der Waals surface area contributed by atoms with Crippen LogP contribution in [0.25, 0.3) is 0 Å². The van der Waals surface area contributed by atoms with Crippen LogP contribution < -0.4 is 14.8 Å². The molecule has 1 N–H and O–H groups in total. The minimum atomic E-state index is 0.568. The van der Waals surface area contributed by atoms with Crippen LogP contribution >= 0.6 is 15.9 Å². The summed E-state index contributed by atoms with van der Waals surface area (Å²) in [6.07, 6.45) is 0. The highest BCUT2D eigenvalue weighted by Gasteiger charge is 2.11. The van der Waals surface area contributed by atoms with Gasteiger partial charge in [0.05, 0.1) is 5.56 Å². The van der Waals surface area contributed by atoms with E-state index < -0.39 is 0 Å². The normalized spacial score (nSPS) is 12.6. The van der Waals surface area contributed by atoms with Gasteiger partial charge < -0.3 is 14.8 Å². The summed E-state index contributed by atoms with van der Waals surface area (Å²) in [4.78, 5) is 0. The van der Waals surface area contributed by atoms with E-state index in [-0.39, 0.29) is 0 Å². The molecule has 2 aromatic carbocycles. The number of benzene rings is 2. The highest BCUT2D eigenvalue weighted by atomic mass is 79.9. The van der Waals surface area contributed by atoms with E-state index in [1.54, 1.807) is 6.07 Å². The molecule has 0 aromatic heterocycles. The second kappa shape index (κ2) is 5.43. The molecule has 3 rings (SSSR count). The van der Waals surface area contributed by atoms with Crippen molar-refractivity contribution in [3.05, 3.63) is 46.4 Å². The summed E-state index contributed by atoms with van der Waals surface area (Å²) in [6.45, 7) is 1.15. The van der Waals surface area contributed by atoms with Crippen molar-refractivity contribution in [2.45, 2.75) is 0 Å². The standard InChI is InChI=1S/C15H11BrN2O2/c16-13-7-11(2-1-10(13)9-17)18-12-3-4-14-15(8-12)20-6-5-19-14/h1-4,7-8,18H,5-6H2. The molecule has 0 atom stereocenters. The van der Waals surface area contributed by atoms with Crippen LogP contribution in [0.2, 0.25) is 0 Å². The molecule has 1 aliphatic rings. The van der Waals surface area contributed by atoms with Crippen LogP contribution in [0, 0.1) is 11.3 Å². The summed E-state index contributed by atoms with van der Waals surface area (Å²) < 4.78 is 11.8. The first-order chi connectivity index (χ1) is 9.76. The first-order valence-corrected chi connectivity index (χ1v) is 6.92. The summed E-state index contributed by atoms with van der Waals surface area (Å²) in [7, 11) is 0. The van der Waals surface area contributed by atoms with Gasteiger partial charge in [-0.05, 0) is 46.3 Å². The van der Waals surface area contributed by atoms with Gasteiger partial charge in [-0.1, -0.05) is 0 Å². The molecule has 5 heteroatoms. The number of anilines is 2. The molecule has 0 bridgehead atoms. The summed E-state index contributed by atoms with van der Waals surface area (Å²) in [5, 5.41) is 12.2. The van der Waals surface area contributed by atoms with E-state index in [2.05, 4.69) is 27.3 Å². The van der Waals surface area contributed by atoms with Crippen molar-refractivity contribution >= 4 is 27.3 Å². The van der Waals surface area contributed by atoms with Crippen LogP contribution in [0.4, 0.5) is 11.4 Å². The SMILES string of the molecule is N#Cc1ccc(Nc2ccc3c(c2)OCCO3)cc1Br. The Kier molecular flexibility index (Phi) is 3.48. The third-order valence-corrected chi connectivity index (χ3v) is 3.58. The Morgan fingerprint density at radius 1 is 1.00 bits per heavy atom. The fraction of sp³-hybridized carbons (Fsp3) is 0.133. The van der Waals surface area contributed by atoms with Crippen molar-refractivity contribution in [2.24, 2.45) is 0 Å². The van der Waals surface area contributed by atoms with Gasteiger partial charge in [-0.3, -0.25) is 0 Å². The Labute approximate surface area is 125 Å². The first-order valence-electron chi connectivity index (χ1n) is 6.12. The Bertz CT molecular complexity index is 695. The molecule has 100 valence electrons. The number of nitriles is 1. The first kappa shape index (κ1) is 12.8. The van der Waals surface area contributed by atoms with Gasteiger partial charge >= 0.3 is 0 Å². The van der Waals surface area contributed by atoms with E-state index in [1.165, 1.54) is 0 Å². The number of halogens is 1. The summed E-state index contributed by atoms with van der Waals surface area (Å²) in [6, 6.07) is 13.3. The van der Waals surface area contributed by atoms with E-state index in [4.69, 9.17) is 14.7 Å². The van der Waals surface area contributed by atoms with E-state index >= 15 is 0 Å². The number of nitrogens with one attached hydrogen (secondary N) is 1. The van der Waals surface area contributed by atoms with E-state index in [9.17, 15) is 0 Å². The fourth-order valence-electron chi connectivity index (χ4n) is 1.97. The highest BCUT2D eigenvalue weighted by molar-refractivity contribution is 9.10. The lowest BCUT2D eigenvalue weighted by atomic mass is 10.2. The van der Waals surface area contributed by atoms with Gasteiger partial charge in [0, 0.05) is 21.9 Å². The maximum atomic E-state index is 8.90. The average Bonchev–Trinajstić information content (AvgIpc) is 2.47. The van der Waals surface area contributed by atoms with Crippen LogP contribution in [0.5, 0.6) is 11.5 Å². The Morgan fingerprint density at radius 2 is 1.70 bits per heavy atom. The average molecular weight is 331 g/mol. The minimum Gasteiger partial charge on any atom is -0.486 e. The van der Waals surface area contributed by atoms with Crippen molar-refractivity contribution in [2.75, 3.05) is 18.5 Å². The zero-order valence-corrected chi connectivity index (χ0v) is 12.1. The lowest BCUT2D eigenvalue weighted by Gasteiger charge is -2.19. The molecular weight excluding hydrogens is 320 g/mol. The van der Waals surface area contributed by atoms with E-state index in [1.807, 2.05) is 30.3 Å². The van der Waals surface area contributed by atoms with Gasteiger partial charge in [0.15, 0.2) is 11.5 Å².